The number of likely N-dealkylation sites (tertiary alicyclic amines) is 1. The number of aromatic nitrogens is 2. The molecular formula is C25H35N7O4. The summed E-state index contributed by atoms with van der Waals surface area (Å²) < 4.78 is 1.26. The van der Waals surface area contributed by atoms with Gasteiger partial charge in [0.2, 0.25) is 11.8 Å². The van der Waals surface area contributed by atoms with Crippen LogP contribution < -0.4 is 21.9 Å². The van der Waals surface area contributed by atoms with Gasteiger partial charge in [0.1, 0.15) is 5.82 Å². The highest BCUT2D eigenvalue weighted by Gasteiger charge is 2.26. The van der Waals surface area contributed by atoms with E-state index in [-0.39, 0.29) is 36.4 Å². The molecule has 2 amide bonds. The number of piperidine rings is 1. The fraction of sp³-hybridized carbons (Fsp3) is 0.520. The Bertz CT molecular complexity index is 1180. The number of benzene rings is 1. The van der Waals surface area contributed by atoms with Crippen molar-refractivity contribution in [2.24, 2.45) is 0 Å². The number of rotatable bonds is 7. The molecule has 0 atom stereocenters. The lowest BCUT2D eigenvalue weighted by atomic mass is 10.1. The van der Waals surface area contributed by atoms with Gasteiger partial charge in [0, 0.05) is 46.3 Å². The van der Waals surface area contributed by atoms with Crippen LogP contribution in [0.5, 0.6) is 0 Å². The average molecular weight is 498 g/mol. The molecule has 0 spiro atoms. The number of hydrogen-bond donors (Lipinski definition) is 2. The van der Waals surface area contributed by atoms with Crippen molar-refractivity contribution in [3.8, 4) is 0 Å². The monoisotopic (exact) mass is 497 g/mol. The maximum Gasteiger partial charge on any atom is 0.330 e. The molecule has 2 aromatic rings. The van der Waals surface area contributed by atoms with Gasteiger partial charge in [0.05, 0.1) is 19.6 Å². The number of likely N-dealkylation sites (N-methyl/N-ethyl adjacent to an activating group) is 1. The Morgan fingerprint density at radius 3 is 2.17 bits per heavy atom. The van der Waals surface area contributed by atoms with Gasteiger partial charge in [-0.1, -0.05) is 30.3 Å². The molecule has 1 aromatic heterocycles. The van der Waals surface area contributed by atoms with E-state index in [2.05, 4.69) is 9.88 Å². The number of anilines is 2. The first-order chi connectivity index (χ1) is 17.3. The first-order valence-electron chi connectivity index (χ1n) is 12.5. The Morgan fingerprint density at radius 2 is 1.53 bits per heavy atom. The lowest BCUT2D eigenvalue weighted by Crippen LogP contribution is -2.52. The van der Waals surface area contributed by atoms with E-state index in [0.29, 0.717) is 32.7 Å². The zero-order valence-corrected chi connectivity index (χ0v) is 20.8. The molecule has 0 aliphatic carbocycles. The number of nitrogens with two attached hydrogens (primary N) is 1. The van der Waals surface area contributed by atoms with Crippen LogP contribution in [0.15, 0.2) is 39.9 Å². The smallest absolute Gasteiger partial charge is 0.330 e. The van der Waals surface area contributed by atoms with Crippen molar-refractivity contribution in [1.29, 1.82) is 0 Å². The molecule has 2 fully saturated rings. The Hall–Kier alpha value is -3.44. The van der Waals surface area contributed by atoms with E-state index in [9.17, 15) is 19.2 Å². The third kappa shape index (κ3) is 6.03. The van der Waals surface area contributed by atoms with Gasteiger partial charge in [-0.3, -0.25) is 33.7 Å². The predicted molar refractivity (Wildman–Crippen MR) is 138 cm³/mol. The number of amides is 2. The molecule has 36 heavy (non-hydrogen) atoms. The molecule has 194 valence electrons. The summed E-state index contributed by atoms with van der Waals surface area (Å²) in [4.78, 5) is 60.2. The predicted octanol–water partition coefficient (Wildman–Crippen LogP) is -0.240. The minimum absolute atomic E-state index is 0.0405. The second-order valence-electron chi connectivity index (χ2n) is 9.51. The molecular weight excluding hydrogens is 462 g/mol. The van der Waals surface area contributed by atoms with Crippen LogP contribution in [0, 0.1) is 0 Å². The van der Waals surface area contributed by atoms with Gasteiger partial charge in [0.25, 0.3) is 5.56 Å². The van der Waals surface area contributed by atoms with Gasteiger partial charge < -0.3 is 15.5 Å². The summed E-state index contributed by atoms with van der Waals surface area (Å²) in [5.41, 5.74) is 5.71. The number of aromatic amines is 1. The van der Waals surface area contributed by atoms with E-state index in [0.717, 1.165) is 31.5 Å². The highest BCUT2D eigenvalue weighted by molar-refractivity contribution is 5.96. The molecule has 11 heteroatoms. The summed E-state index contributed by atoms with van der Waals surface area (Å²) in [6, 6.07) is 9.27. The molecule has 2 saturated heterocycles. The fourth-order valence-corrected chi connectivity index (χ4v) is 4.79. The molecule has 3 N–H and O–H groups in total. The Morgan fingerprint density at radius 1 is 0.917 bits per heavy atom. The molecule has 0 saturated carbocycles. The number of nitrogen functional groups attached to an aromatic ring is 1. The highest BCUT2D eigenvalue weighted by atomic mass is 16.2. The van der Waals surface area contributed by atoms with Gasteiger partial charge in [-0.25, -0.2) is 4.79 Å². The fourth-order valence-electron chi connectivity index (χ4n) is 4.79. The van der Waals surface area contributed by atoms with Crippen molar-refractivity contribution in [3.05, 3.63) is 56.7 Å². The van der Waals surface area contributed by atoms with Crippen molar-refractivity contribution in [1.82, 2.24) is 24.3 Å². The number of nitrogens with one attached hydrogen (secondary N) is 1. The molecule has 0 unspecified atom stereocenters. The second kappa shape index (κ2) is 11.5. The van der Waals surface area contributed by atoms with Crippen LogP contribution in [0.2, 0.25) is 0 Å². The van der Waals surface area contributed by atoms with E-state index < -0.39 is 11.2 Å². The summed E-state index contributed by atoms with van der Waals surface area (Å²) in [5.74, 6) is -0.168. The third-order valence-corrected chi connectivity index (χ3v) is 7.00. The minimum Gasteiger partial charge on any atom is -0.383 e. The molecule has 2 aliphatic heterocycles. The number of carbonyl (C=O) groups is 2. The molecule has 1 aromatic carbocycles. The number of carbonyl (C=O) groups excluding carboxylic acids is 2. The van der Waals surface area contributed by atoms with Crippen molar-refractivity contribution in [3.63, 3.8) is 0 Å². The maximum atomic E-state index is 13.1. The highest BCUT2D eigenvalue weighted by Crippen LogP contribution is 2.17. The molecule has 0 radical (unpaired) electrons. The molecule has 3 heterocycles. The van der Waals surface area contributed by atoms with Gasteiger partial charge in [-0.15, -0.1) is 0 Å². The first kappa shape index (κ1) is 25.6. The maximum absolute atomic E-state index is 13.1. The summed E-state index contributed by atoms with van der Waals surface area (Å²) in [6.07, 6.45) is 3.34. The largest absolute Gasteiger partial charge is 0.383 e. The van der Waals surface area contributed by atoms with E-state index in [1.54, 1.807) is 0 Å². The lowest BCUT2D eigenvalue weighted by Gasteiger charge is -2.36. The molecule has 2 aliphatic rings. The van der Waals surface area contributed by atoms with Crippen LogP contribution in [-0.2, 0) is 16.1 Å². The molecule has 11 nitrogen and oxygen atoms in total. The van der Waals surface area contributed by atoms with Gasteiger partial charge in [-0.2, -0.15) is 0 Å². The number of H-pyrrole nitrogens is 1. The average Bonchev–Trinajstić information content (AvgIpc) is 2.88. The van der Waals surface area contributed by atoms with Crippen LogP contribution >= 0.6 is 0 Å². The first-order valence-corrected chi connectivity index (χ1v) is 12.5. The lowest BCUT2D eigenvalue weighted by molar-refractivity contribution is -0.134. The zero-order chi connectivity index (χ0) is 25.7. The normalized spacial score (nSPS) is 17.2. The van der Waals surface area contributed by atoms with Crippen LogP contribution in [0.1, 0.15) is 24.8 Å². The Balaban J connectivity index is 1.35. The van der Waals surface area contributed by atoms with Crippen molar-refractivity contribution in [2.75, 3.05) is 70.0 Å². The number of nitrogens with zero attached hydrogens (tertiary/aromatic N) is 5. The topological polar surface area (TPSA) is 128 Å². The van der Waals surface area contributed by atoms with Gasteiger partial charge in [0.15, 0.2) is 5.69 Å². The summed E-state index contributed by atoms with van der Waals surface area (Å²) >= 11 is 0. The summed E-state index contributed by atoms with van der Waals surface area (Å²) in [5, 5.41) is 0. The molecule has 0 bridgehead atoms. The minimum atomic E-state index is -0.696. The van der Waals surface area contributed by atoms with E-state index >= 15 is 0 Å². The van der Waals surface area contributed by atoms with Crippen LogP contribution in [0.4, 0.5) is 11.5 Å². The third-order valence-electron chi connectivity index (χ3n) is 7.00. The number of piperazine rings is 1. The van der Waals surface area contributed by atoms with Crippen molar-refractivity contribution >= 4 is 23.3 Å². The zero-order valence-electron chi connectivity index (χ0n) is 20.8. The molecule has 4 rings (SSSR count). The second-order valence-corrected chi connectivity index (χ2v) is 9.51. The standard InChI is InChI=1S/C25H35N7O4/c1-28(22-23(26)32(25(36)27-24(22)35)16-19-8-4-2-5-9-19)20(33)17-29-12-14-30(15-13-29)18-21(34)31-10-6-3-7-11-31/h2,4-5,8-9H,3,6-7,10-18,26H2,1H3,(H,27,35,36). The van der Waals surface area contributed by atoms with Gasteiger partial charge in [-0.05, 0) is 24.8 Å². The van der Waals surface area contributed by atoms with E-state index in [1.807, 2.05) is 40.1 Å². The van der Waals surface area contributed by atoms with Gasteiger partial charge >= 0.3 is 5.69 Å². The Labute approximate surface area is 210 Å². The number of hydrogen-bond acceptors (Lipinski definition) is 7. The Kier molecular flexibility index (Phi) is 8.21. The summed E-state index contributed by atoms with van der Waals surface area (Å²) in [7, 11) is 1.49. The van der Waals surface area contributed by atoms with Crippen LogP contribution in [0.3, 0.4) is 0 Å². The van der Waals surface area contributed by atoms with Crippen molar-refractivity contribution in [2.45, 2.75) is 25.8 Å². The van der Waals surface area contributed by atoms with E-state index in [1.165, 1.54) is 22.9 Å². The summed E-state index contributed by atoms with van der Waals surface area (Å²) in [6.45, 7) is 5.08. The van der Waals surface area contributed by atoms with E-state index in [4.69, 9.17) is 5.73 Å². The SMILES string of the molecule is CN(C(=O)CN1CCN(CC(=O)N2CCCCC2)CC1)c1c(N)n(Cc2ccccc2)c(=O)[nH]c1=O. The quantitative estimate of drug-likeness (QED) is 0.540. The van der Waals surface area contributed by atoms with Crippen LogP contribution in [0.25, 0.3) is 0 Å². The van der Waals surface area contributed by atoms with Crippen LogP contribution in [-0.4, -0.2) is 95.5 Å². The van der Waals surface area contributed by atoms with Crippen molar-refractivity contribution < 1.29 is 9.59 Å².